The maximum atomic E-state index is 13.6. The minimum absolute atomic E-state index is 0.0485. The molecule has 9 nitrogen and oxygen atoms in total. The molecule has 9 heteroatoms. The normalized spacial score (nSPS) is 10.7. The predicted molar refractivity (Wildman–Crippen MR) is 145 cm³/mol. The standard InChI is InChI=1S/C29H27N3O6/c1-35-16-37-26-9-5-6-19-14-25(28(33)32-20-12-10-18(11-13-20)27(30)31)24(15-23(19)26)21-7-3-4-8-22(21)29(34)38-17-36-2/h3-15H,16-17H2,1-2H3,(H3,30,31)(H,32,33). The molecule has 4 rings (SSSR count). The second kappa shape index (κ2) is 12.0. The van der Waals surface area contributed by atoms with E-state index in [-0.39, 0.29) is 30.9 Å². The Hall–Kier alpha value is -4.73. The van der Waals surface area contributed by atoms with Crippen LogP contribution in [0.25, 0.3) is 21.9 Å². The lowest BCUT2D eigenvalue weighted by Crippen LogP contribution is -2.15. The first-order valence-electron chi connectivity index (χ1n) is 11.6. The maximum absolute atomic E-state index is 13.6. The lowest BCUT2D eigenvalue weighted by Gasteiger charge is -2.17. The fraction of sp³-hybridized carbons (Fsp3) is 0.138. The summed E-state index contributed by atoms with van der Waals surface area (Å²) in [6.07, 6.45) is 0. The van der Waals surface area contributed by atoms with Crippen molar-refractivity contribution in [3.8, 4) is 16.9 Å². The molecule has 4 aromatic carbocycles. The molecule has 0 fully saturated rings. The second-order valence-electron chi connectivity index (χ2n) is 8.25. The zero-order valence-corrected chi connectivity index (χ0v) is 20.9. The molecule has 0 heterocycles. The van der Waals surface area contributed by atoms with Crippen molar-refractivity contribution in [2.24, 2.45) is 5.73 Å². The van der Waals surface area contributed by atoms with Crippen LogP contribution in [0.5, 0.6) is 5.75 Å². The summed E-state index contributed by atoms with van der Waals surface area (Å²) >= 11 is 0. The quantitative estimate of drug-likeness (QED) is 0.120. The number of nitrogen functional groups attached to an aromatic ring is 1. The molecule has 0 saturated carbocycles. The van der Waals surface area contributed by atoms with E-state index in [1.165, 1.54) is 14.2 Å². The molecule has 0 saturated heterocycles. The number of carbonyl (C=O) groups is 2. The molecule has 38 heavy (non-hydrogen) atoms. The molecule has 0 radical (unpaired) electrons. The summed E-state index contributed by atoms with van der Waals surface area (Å²) in [5.74, 6) is -0.474. The lowest BCUT2D eigenvalue weighted by molar-refractivity contribution is -0.0124. The summed E-state index contributed by atoms with van der Waals surface area (Å²) in [7, 11) is 2.96. The molecule has 194 valence electrons. The van der Waals surface area contributed by atoms with Gasteiger partial charge in [-0.2, -0.15) is 0 Å². The van der Waals surface area contributed by atoms with Gasteiger partial charge >= 0.3 is 5.97 Å². The van der Waals surface area contributed by atoms with E-state index in [1.807, 2.05) is 18.2 Å². The van der Waals surface area contributed by atoms with Crippen LogP contribution in [0.3, 0.4) is 0 Å². The molecule has 0 atom stereocenters. The second-order valence-corrected chi connectivity index (χ2v) is 8.25. The number of nitrogens with one attached hydrogen (secondary N) is 2. The van der Waals surface area contributed by atoms with Crippen molar-refractivity contribution in [3.63, 3.8) is 0 Å². The van der Waals surface area contributed by atoms with Crippen molar-refractivity contribution in [3.05, 3.63) is 95.6 Å². The molecule has 0 aromatic heterocycles. The van der Waals surface area contributed by atoms with Gasteiger partial charge in [-0.15, -0.1) is 0 Å². The Bertz CT molecular complexity index is 1480. The van der Waals surface area contributed by atoms with Crippen molar-refractivity contribution < 1.29 is 28.5 Å². The van der Waals surface area contributed by atoms with E-state index in [9.17, 15) is 9.59 Å². The Balaban J connectivity index is 1.85. The van der Waals surface area contributed by atoms with E-state index in [0.29, 0.717) is 33.7 Å². The van der Waals surface area contributed by atoms with E-state index in [2.05, 4.69) is 5.32 Å². The van der Waals surface area contributed by atoms with Crippen molar-refractivity contribution in [1.29, 1.82) is 5.41 Å². The van der Waals surface area contributed by atoms with Gasteiger partial charge in [0.05, 0.1) is 5.56 Å². The van der Waals surface area contributed by atoms with Gasteiger partial charge in [0, 0.05) is 36.4 Å². The van der Waals surface area contributed by atoms with Crippen molar-refractivity contribution in [2.75, 3.05) is 33.1 Å². The van der Waals surface area contributed by atoms with Gasteiger partial charge in [-0.05, 0) is 65.0 Å². The molecule has 0 spiro atoms. The SMILES string of the molecule is COCOC(=O)c1ccccc1-c1cc2c(OCOC)cccc2cc1C(=O)Nc1ccc(C(=N)N)cc1. The van der Waals surface area contributed by atoms with E-state index < -0.39 is 5.97 Å². The fourth-order valence-corrected chi connectivity index (χ4v) is 3.97. The molecule has 4 aromatic rings. The molecule has 0 unspecified atom stereocenters. The average molecular weight is 514 g/mol. The van der Waals surface area contributed by atoms with Crippen molar-refractivity contribution in [1.82, 2.24) is 0 Å². The first kappa shape index (κ1) is 26.3. The van der Waals surface area contributed by atoms with Gasteiger partial charge in [0.2, 0.25) is 0 Å². The molecular formula is C29H27N3O6. The highest BCUT2D eigenvalue weighted by Crippen LogP contribution is 2.36. The number of anilines is 1. The molecule has 0 aliphatic carbocycles. The van der Waals surface area contributed by atoms with Crippen LogP contribution in [0.15, 0.2) is 78.9 Å². The Morgan fingerprint density at radius 3 is 2.29 bits per heavy atom. The number of rotatable bonds is 10. The summed E-state index contributed by atoms with van der Waals surface area (Å²) < 4.78 is 20.9. The van der Waals surface area contributed by atoms with Crippen molar-refractivity contribution >= 4 is 34.2 Å². The van der Waals surface area contributed by atoms with Crippen LogP contribution in [-0.4, -0.2) is 45.5 Å². The maximum Gasteiger partial charge on any atom is 0.340 e. The van der Waals surface area contributed by atoms with Gasteiger partial charge in [-0.1, -0.05) is 30.3 Å². The largest absolute Gasteiger partial charge is 0.467 e. The number of benzene rings is 4. The van der Waals surface area contributed by atoms with E-state index in [1.54, 1.807) is 60.7 Å². The number of hydrogen-bond donors (Lipinski definition) is 3. The number of fused-ring (bicyclic) bond motifs is 1. The van der Waals surface area contributed by atoms with E-state index >= 15 is 0 Å². The van der Waals surface area contributed by atoms with Gasteiger partial charge in [-0.3, -0.25) is 10.2 Å². The highest BCUT2D eigenvalue weighted by Gasteiger charge is 2.21. The number of nitrogens with two attached hydrogens (primary N) is 1. The fourth-order valence-electron chi connectivity index (χ4n) is 3.97. The number of hydrogen-bond acceptors (Lipinski definition) is 7. The first-order chi connectivity index (χ1) is 18.4. The minimum Gasteiger partial charge on any atom is -0.467 e. The number of methoxy groups -OCH3 is 2. The van der Waals surface area contributed by atoms with Crippen molar-refractivity contribution in [2.45, 2.75) is 0 Å². The lowest BCUT2D eigenvalue weighted by atomic mass is 9.91. The van der Waals surface area contributed by atoms with Crippen LogP contribution >= 0.6 is 0 Å². The summed E-state index contributed by atoms with van der Waals surface area (Å²) in [5, 5.41) is 12.0. The highest BCUT2D eigenvalue weighted by molar-refractivity contribution is 6.13. The zero-order chi connectivity index (χ0) is 27.1. The Morgan fingerprint density at radius 1 is 0.842 bits per heavy atom. The molecule has 0 bridgehead atoms. The topological polar surface area (TPSA) is 133 Å². The number of ether oxygens (including phenoxy) is 4. The molecule has 0 aliphatic rings. The number of carbonyl (C=O) groups excluding carboxylic acids is 2. The summed E-state index contributed by atoms with van der Waals surface area (Å²) in [4.78, 5) is 26.5. The summed E-state index contributed by atoms with van der Waals surface area (Å²) in [5.41, 5.74) is 8.23. The first-order valence-corrected chi connectivity index (χ1v) is 11.6. The Labute approximate surface area is 219 Å². The minimum atomic E-state index is -0.586. The molecule has 0 aliphatic heterocycles. The molecule has 4 N–H and O–H groups in total. The monoisotopic (exact) mass is 513 g/mol. The van der Waals surface area contributed by atoms with Gasteiger partial charge in [0.1, 0.15) is 11.6 Å². The average Bonchev–Trinajstić information content (AvgIpc) is 2.94. The molecule has 1 amide bonds. The summed E-state index contributed by atoms with van der Waals surface area (Å²) in [6.45, 7) is -0.156. The highest BCUT2D eigenvalue weighted by atomic mass is 16.7. The third-order valence-corrected chi connectivity index (χ3v) is 5.75. The number of amides is 1. The Kier molecular flexibility index (Phi) is 8.32. The van der Waals surface area contributed by atoms with Crippen LogP contribution in [0.1, 0.15) is 26.3 Å². The third-order valence-electron chi connectivity index (χ3n) is 5.75. The van der Waals surface area contributed by atoms with Gasteiger partial charge in [-0.25, -0.2) is 4.79 Å². The van der Waals surface area contributed by atoms with Crippen LogP contribution in [-0.2, 0) is 14.2 Å². The smallest absolute Gasteiger partial charge is 0.340 e. The number of amidine groups is 1. The van der Waals surface area contributed by atoms with Crippen LogP contribution in [0.4, 0.5) is 5.69 Å². The molecular weight excluding hydrogens is 486 g/mol. The van der Waals surface area contributed by atoms with Gasteiger partial charge in [0.15, 0.2) is 13.6 Å². The van der Waals surface area contributed by atoms with E-state index in [4.69, 9.17) is 30.1 Å². The zero-order valence-electron chi connectivity index (χ0n) is 20.9. The van der Waals surface area contributed by atoms with Crippen LogP contribution < -0.4 is 15.8 Å². The van der Waals surface area contributed by atoms with Gasteiger partial charge in [0.25, 0.3) is 5.91 Å². The van der Waals surface area contributed by atoms with Gasteiger partial charge < -0.3 is 30.0 Å². The van der Waals surface area contributed by atoms with E-state index in [0.717, 1.165) is 10.8 Å². The summed E-state index contributed by atoms with van der Waals surface area (Å²) in [6, 6.07) is 22.6. The van der Waals surface area contributed by atoms with Crippen LogP contribution in [0, 0.1) is 5.41 Å². The number of esters is 1. The Morgan fingerprint density at radius 2 is 1.58 bits per heavy atom. The predicted octanol–water partition coefficient (Wildman–Crippen LogP) is 4.79. The van der Waals surface area contributed by atoms with Crippen LogP contribution in [0.2, 0.25) is 0 Å². The third kappa shape index (κ3) is 5.80.